The number of hydrogen-bond acceptors (Lipinski definition) is 4. The largest absolute Gasteiger partial charge is 0.478 e. The van der Waals surface area contributed by atoms with Crippen molar-refractivity contribution in [1.82, 2.24) is 0 Å². The molecule has 6 heteroatoms. The molecular formula is C24H10N2O4. The van der Waals surface area contributed by atoms with E-state index < -0.39 is 23.1 Å². The second kappa shape index (κ2) is 5.91. The van der Waals surface area contributed by atoms with E-state index in [2.05, 4.69) is 6.07 Å². The van der Waals surface area contributed by atoms with Crippen LogP contribution in [0, 0.1) is 22.7 Å². The van der Waals surface area contributed by atoms with Crippen molar-refractivity contribution in [1.29, 1.82) is 10.5 Å². The van der Waals surface area contributed by atoms with E-state index in [1.807, 2.05) is 24.3 Å². The summed E-state index contributed by atoms with van der Waals surface area (Å²) in [4.78, 5) is 24.3. The SMILES string of the molecule is N#Cc1ccc2c3c(C(=O)O)c(C(=O)O)c(C#N)c4cccc(c5cccc1c52)c43. The van der Waals surface area contributed by atoms with Crippen LogP contribution in [0.4, 0.5) is 0 Å². The number of carboxylic acid groups (broad SMARTS) is 2. The molecule has 0 unspecified atom stereocenters. The average Bonchev–Trinajstić information content (AvgIpc) is 2.75. The van der Waals surface area contributed by atoms with Crippen LogP contribution in [-0.4, -0.2) is 22.2 Å². The highest BCUT2D eigenvalue weighted by molar-refractivity contribution is 6.37. The van der Waals surface area contributed by atoms with Gasteiger partial charge in [0.15, 0.2) is 0 Å². The van der Waals surface area contributed by atoms with Crippen LogP contribution in [-0.2, 0) is 0 Å². The van der Waals surface area contributed by atoms with Gasteiger partial charge in [-0.25, -0.2) is 9.59 Å². The molecule has 0 saturated carbocycles. The van der Waals surface area contributed by atoms with Gasteiger partial charge in [-0.05, 0) is 33.0 Å². The van der Waals surface area contributed by atoms with Crippen molar-refractivity contribution in [2.75, 3.05) is 0 Å². The normalized spacial score (nSPS) is 11.1. The van der Waals surface area contributed by atoms with Gasteiger partial charge in [0, 0.05) is 16.2 Å². The number of rotatable bonds is 2. The van der Waals surface area contributed by atoms with Gasteiger partial charge in [0.1, 0.15) is 6.07 Å². The summed E-state index contributed by atoms with van der Waals surface area (Å²) in [5.41, 5.74) is -0.680. The topological polar surface area (TPSA) is 122 Å². The van der Waals surface area contributed by atoms with Gasteiger partial charge in [0.05, 0.1) is 28.3 Å². The Kier molecular flexibility index (Phi) is 3.43. The summed E-state index contributed by atoms with van der Waals surface area (Å²) >= 11 is 0. The zero-order valence-electron chi connectivity index (χ0n) is 15.2. The number of fused-ring (bicyclic) bond motifs is 2. The molecule has 5 aromatic carbocycles. The Morgan fingerprint density at radius 1 is 0.633 bits per heavy atom. The third-order valence-corrected chi connectivity index (χ3v) is 5.59. The lowest BCUT2D eigenvalue weighted by atomic mass is 9.83. The molecule has 5 aromatic rings. The highest BCUT2D eigenvalue weighted by atomic mass is 16.4. The molecule has 0 aliphatic rings. The van der Waals surface area contributed by atoms with Crippen molar-refractivity contribution in [2.24, 2.45) is 0 Å². The van der Waals surface area contributed by atoms with Gasteiger partial charge < -0.3 is 10.2 Å². The van der Waals surface area contributed by atoms with Crippen molar-refractivity contribution in [3.05, 3.63) is 70.8 Å². The molecule has 5 rings (SSSR count). The maximum atomic E-state index is 12.3. The van der Waals surface area contributed by atoms with Crippen LogP contribution in [0.1, 0.15) is 31.8 Å². The number of carbonyl (C=O) groups is 2. The Morgan fingerprint density at radius 3 is 1.83 bits per heavy atom. The molecule has 6 nitrogen and oxygen atoms in total. The molecule has 0 aliphatic heterocycles. The first-order valence-corrected chi connectivity index (χ1v) is 8.95. The maximum Gasteiger partial charge on any atom is 0.337 e. The first kappa shape index (κ1) is 17.4. The Morgan fingerprint density at radius 2 is 1.23 bits per heavy atom. The van der Waals surface area contributed by atoms with Crippen LogP contribution >= 0.6 is 0 Å². The fourth-order valence-corrected chi connectivity index (χ4v) is 4.51. The van der Waals surface area contributed by atoms with Crippen molar-refractivity contribution in [2.45, 2.75) is 0 Å². The summed E-state index contributed by atoms with van der Waals surface area (Å²) in [5, 5.41) is 43.6. The number of carboxylic acids is 2. The summed E-state index contributed by atoms with van der Waals surface area (Å²) in [6.07, 6.45) is 0. The zero-order chi connectivity index (χ0) is 21.2. The molecule has 0 saturated heterocycles. The summed E-state index contributed by atoms with van der Waals surface area (Å²) in [7, 11) is 0. The molecule has 0 spiro atoms. The van der Waals surface area contributed by atoms with Crippen molar-refractivity contribution >= 4 is 55.0 Å². The van der Waals surface area contributed by atoms with E-state index in [9.17, 15) is 30.3 Å². The lowest BCUT2D eigenvalue weighted by Gasteiger charge is -2.18. The van der Waals surface area contributed by atoms with Crippen LogP contribution in [0.2, 0.25) is 0 Å². The molecule has 0 heterocycles. The van der Waals surface area contributed by atoms with E-state index in [1.165, 1.54) is 0 Å². The molecule has 0 aliphatic carbocycles. The van der Waals surface area contributed by atoms with Crippen LogP contribution in [0.15, 0.2) is 48.5 Å². The standard InChI is InChI=1S/C24H10N2O4/c25-9-11-7-8-16-18-12(11)3-1-4-13(18)14-5-2-6-15-17(10-26)21(23(27)28)22(24(29)30)20(16)19(14)15/h1-8H,(H,27,28)(H,29,30). The monoisotopic (exact) mass is 390 g/mol. The lowest BCUT2D eigenvalue weighted by molar-refractivity contribution is 0.0653. The minimum atomic E-state index is -1.48. The average molecular weight is 390 g/mol. The third kappa shape index (κ3) is 1.99. The van der Waals surface area contributed by atoms with Crippen LogP contribution in [0.25, 0.3) is 43.1 Å². The van der Waals surface area contributed by atoms with Gasteiger partial charge in [-0.15, -0.1) is 0 Å². The second-order valence-electron chi connectivity index (χ2n) is 6.95. The molecule has 0 aromatic heterocycles. The molecule has 30 heavy (non-hydrogen) atoms. The fraction of sp³-hybridized carbons (Fsp3) is 0. The number of hydrogen-bond donors (Lipinski definition) is 2. The second-order valence-corrected chi connectivity index (χ2v) is 6.95. The van der Waals surface area contributed by atoms with Crippen molar-refractivity contribution in [3.8, 4) is 12.1 Å². The molecular weight excluding hydrogens is 380 g/mol. The lowest BCUT2D eigenvalue weighted by Crippen LogP contribution is -2.12. The molecule has 0 atom stereocenters. The smallest absolute Gasteiger partial charge is 0.337 e. The molecule has 140 valence electrons. The number of benzene rings is 5. The fourth-order valence-electron chi connectivity index (χ4n) is 4.51. The molecule has 0 fully saturated rings. The van der Waals surface area contributed by atoms with Crippen molar-refractivity contribution in [3.63, 3.8) is 0 Å². The highest BCUT2D eigenvalue weighted by Crippen LogP contribution is 2.44. The molecule has 0 amide bonds. The van der Waals surface area contributed by atoms with Gasteiger partial charge in [-0.1, -0.05) is 42.5 Å². The third-order valence-electron chi connectivity index (χ3n) is 5.59. The van der Waals surface area contributed by atoms with E-state index >= 15 is 0 Å². The Balaban J connectivity index is 2.29. The van der Waals surface area contributed by atoms with Gasteiger partial charge in [-0.2, -0.15) is 10.5 Å². The quantitative estimate of drug-likeness (QED) is 0.327. The summed E-state index contributed by atoms with van der Waals surface area (Å²) in [5.74, 6) is -2.90. The van der Waals surface area contributed by atoms with E-state index in [1.54, 1.807) is 30.3 Å². The minimum absolute atomic E-state index is 0.176. The molecule has 2 N–H and O–H groups in total. The molecule has 0 radical (unpaired) electrons. The Bertz CT molecular complexity index is 1670. The first-order valence-electron chi connectivity index (χ1n) is 8.95. The predicted molar refractivity (Wildman–Crippen MR) is 111 cm³/mol. The van der Waals surface area contributed by atoms with E-state index in [0.717, 1.165) is 5.39 Å². The molecule has 0 bridgehead atoms. The summed E-state index contributed by atoms with van der Waals surface area (Å²) < 4.78 is 0. The van der Waals surface area contributed by atoms with Gasteiger partial charge in [0.2, 0.25) is 0 Å². The Labute approximate surface area is 168 Å². The maximum absolute atomic E-state index is 12.3. The first-order chi connectivity index (χ1) is 14.5. The summed E-state index contributed by atoms with van der Waals surface area (Å²) in [6, 6.07) is 18.0. The summed E-state index contributed by atoms with van der Waals surface area (Å²) in [6.45, 7) is 0. The number of nitriles is 2. The zero-order valence-corrected chi connectivity index (χ0v) is 15.2. The van der Waals surface area contributed by atoms with Crippen LogP contribution < -0.4 is 0 Å². The minimum Gasteiger partial charge on any atom is -0.478 e. The van der Waals surface area contributed by atoms with Gasteiger partial charge in [0.25, 0.3) is 0 Å². The van der Waals surface area contributed by atoms with Crippen molar-refractivity contribution < 1.29 is 19.8 Å². The number of nitrogens with zero attached hydrogens (tertiary/aromatic N) is 2. The predicted octanol–water partition coefficient (Wildman–Crippen LogP) is 4.88. The number of aromatic carboxylic acids is 2. The Hall–Kier alpha value is -4.68. The van der Waals surface area contributed by atoms with Crippen LogP contribution in [0.3, 0.4) is 0 Å². The van der Waals surface area contributed by atoms with E-state index in [-0.39, 0.29) is 10.9 Å². The van der Waals surface area contributed by atoms with Gasteiger partial charge >= 0.3 is 11.9 Å². The van der Waals surface area contributed by atoms with Gasteiger partial charge in [-0.3, -0.25) is 0 Å². The van der Waals surface area contributed by atoms with Crippen LogP contribution in [0.5, 0.6) is 0 Å². The van der Waals surface area contributed by atoms with E-state index in [0.29, 0.717) is 37.9 Å². The van der Waals surface area contributed by atoms with E-state index in [4.69, 9.17) is 0 Å². The highest BCUT2D eigenvalue weighted by Gasteiger charge is 2.29.